The van der Waals surface area contributed by atoms with Crippen LogP contribution in [-0.2, 0) is 6.18 Å². The number of hydrogen-bond acceptors (Lipinski definition) is 3. The van der Waals surface area contributed by atoms with E-state index in [1.807, 2.05) is 0 Å². The molecule has 0 bridgehead atoms. The van der Waals surface area contributed by atoms with Crippen LogP contribution in [0.1, 0.15) is 10.6 Å². The van der Waals surface area contributed by atoms with Crippen LogP contribution in [0.5, 0.6) is 5.19 Å². The summed E-state index contributed by atoms with van der Waals surface area (Å²) >= 11 is 0.888. The fourth-order valence-corrected chi connectivity index (χ4v) is 1.46. The molecule has 0 radical (unpaired) electrons. The highest BCUT2D eigenvalue weighted by molar-refractivity contribution is 7.13. The lowest BCUT2D eigenvalue weighted by atomic mass is 10.4. The van der Waals surface area contributed by atoms with E-state index in [-0.39, 0.29) is 10.1 Å². The van der Waals surface area contributed by atoms with Crippen LogP contribution in [0.15, 0.2) is 0 Å². The van der Waals surface area contributed by atoms with Gasteiger partial charge in [0.25, 0.3) is 5.19 Å². The van der Waals surface area contributed by atoms with Crippen molar-refractivity contribution in [2.75, 3.05) is 7.11 Å². The largest absolute Gasteiger partial charge is 0.473 e. The minimum absolute atomic E-state index is 0.0415. The number of ether oxygens (including phenoxy) is 1. The first-order valence-corrected chi connectivity index (χ1v) is 3.85. The molecule has 0 aromatic carbocycles. The van der Waals surface area contributed by atoms with Gasteiger partial charge < -0.3 is 4.74 Å². The molecule has 0 spiro atoms. The molecule has 0 aliphatic heterocycles. The summed E-state index contributed by atoms with van der Waals surface area (Å²) in [5, 5.41) is 0.0415. The minimum atomic E-state index is -4.38. The molecule has 6 heteroatoms. The van der Waals surface area contributed by atoms with Crippen molar-refractivity contribution in [1.29, 1.82) is 0 Å². The van der Waals surface area contributed by atoms with Gasteiger partial charge in [0, 0.05) is 4.88 Å². The molecule has 0 N–H and O–H groups in total. The smallest absolute Gasteiger partial charge is 0.434 e. The van der Waals surface area contributed by atoms with Crippen LogP contribution in [0.25, 0.3) is 0 Å². The van der Waals surface area contributed by atoms with Crippen LogP contribution < -0.4 is 4.74 Å². The van der Waals surface area contributed by atoms with Crippen LogP contribution >= 0.6 is 11.3 Å². The molecular weight excluding hydrogens is 191 g/mol. The van der Waals surface area contributed by atoms with Gasteiger partial charge >= 0.3 is 6.18 Å². The molecule has 68 valence electrons. The Morgan fingerprint density at radius 1 is 1.42 bits per heavy atom. The lowest BCUT2D eigenvalue weighted by molar-refractivity contribution is -0.141. The molecule has 0 atom stereocenters. The van der Waals surface area contributed by atoms with Crippen molar-refractivity contribution in [3.05, 3.63) is 10.6 Å². The lowest BCUT2D eigenvalue weighted by Crippen LogP contribution is -2.06. The van der Waals surface area contributed by atoms with E-state index in [1.54, 1.807) is 0 Å². The van der Waals surface area contributed by atoms with E-state index in [0.29, 0.717) is 0 Å². The molecule has 0 fully saturated rings. The van der Waals surface area contributed by atoms with Crippen molar-refractivity contribution >= 4 is 11.3 Å². The zero-order valence-corrected chi connectivity index (χ0v) is 7.21. The first-order chi connectivity index (χ1) is 5.45. The van der Waals surface area contributed by atoms with Gasteiger partial charge in [0.05, 0.1) is 7.11 Å². The number of rotatable bonds is 1. The van der Waals surface area contributed by atoms with E-state index in [2.05, 4.69) is 9.72 Å². The monoisotopic (exact) mass is 197 g/mol. The normalized spacial score (nSPS) is 11.8. The number of aryl methyl sites for hydroxylation is 1. The molecule has 12 heavy (non-hydrogen) atoms. The summed E-state index contributed by atoms with van der Waals surface area (Å²) in [7, 11) is 1.29. The zero-order valence-electron chi connectivity index (χ0n) is 6.40. The highest BCUT2D eigenvalue weighted by atomic mass is 32.1. The number of hydrogen-bond donors (Lipinski definition) is 0. The number of thiazole rings is 1. The molecule has 2 nitrogen and oxygen atoms in total. The predicted molar refractivity (Wildman–Crippen MR) is 38.4 cm³/mol. The highest BCUT2D eigenvalue weighted by Crippen LogP contribution is 2.36. The Bertz CT molecular complexity index is 281. The van der Waals surface area contributed by atoms with Crippen LogP contribution in [0.2, 0.25) is 0 Å². The minimum Gasteiger partial charge on any atom is -0.473 e. The van der Waals surface area contributed by atoms with E-state index < -0.39 is 11.9 Å². The molecule has 0 saturated carbocycles. The van der Waals surface area contributed by atoms with Crippen molar-refractivity contribution in [3.8, 4) is 5.19 Å². The molecule has 1 aromatic rings. The van der Waals surface area contributed by atoms with E-state index in [1.165, 1.54) is 14.0 Å². The summed E-state index contributed by atoms with van der Waals surface area (Å²) in [5.41, 5.74) is -0.857. The second-order valence-corrected chi connectivity index (χ2v) is 3.25. The number of alkyl halides is 3. The van der Waals surface area contributed by atoms with Gasteiger partial charge in [-0.15, -0.1) is 0 Å². The third-order valence-electron chi connectivity index (χ3n) is 1.22. The van der Waals surface area contributed by atoms with Crippen LogP contribution in [0.3, 0.4) is 0 Å². The van der Waals surface area contributed by atoms with Crippen molar-refractivity contribution < 1.29 is 17.9 Å². The molecule has 1 rings (SSSR count). The Labute approximate surface area is 71.0 Å². The van der Waals surface area contributed by atoms with Gasteiger partial charge in [0.1, 0.15) is 0 Å². The molecule has 0 aliphatic carbocycles. The van der Waals surface area contributed by atoms with Gasteiger partial charge in [-0.1, -0.05) is 11.3 Å². The van der Waals surface area contributed by atoms with Gasteiger partial charge in [0.15, 0.2) is 5.69 Å². The van der Waals surface area contributed by atoms with Gasteiger partial charge in [-0.2, -0.15) is 18.2 Å². The Kier molecular flexibility index (Phi) is 2.27. The molecule has 1 aromatic heterocycles. The van der Waals surface area contributed by atoms with Crippen LogP contribution in [-0.4, -0.2) is 12.1 Å². The first-order valence-electron chi connectivity index (χ1n) is 3.03. The SMILES string of the molecule is COc1nc(C(F)(F)F)c(C)s1. The molecular formula is C6H6F3NOS. The maximum atomic E-state index is 12.1. The fraction of sp³-hybridized carbons (Fsp3) is 0.500. The zero-order chi connectivity index (χ0) is 9.35. The number of methoxy groups -OCH3 is 1. The van der Waals surface area contributed by atoms with Crippen molar-refractivity contribution in [1.82, 2.24) is 4.98 Å². The summed E-state index contributed by atoms with van der Waals surface area (Å²) in [6.07, 6.45) is -4.38. The number of aromatic nitrogens is 1. The van der Waals surface area contributed by atoms with E-state index >= 15 is 0 Å². The standard InChI is InChI=1S/C6H6F3NOS/c1-3-4(6(7,8)9)10-5(11-2)12-3/h1-2H3. The number of nitrogens with zero attached hydrogens (tertiary/aromatic N) is 1. The van der Waals surface area contributed by atoms with Gasteiger partial charge in [0.2, 0.25) is 0 Å². The van der Waals surface area contributed by atoms with Crippen LogP contribution in [0.4, 0.5) is 13.2 Å². The van der Waals surface area contributed by atoms with Crippen molar-refractivity contribution in [3.63, 3.8) is 0 Å². The summed E-state index contributed by atoms with van der Waals surface area (Å²) < 4.78 is 40.8. The predicted octanol–water partition coefficient (Wildman–Crippen LogP) is 2.48. The van der Waals surface area contributed by atoms with E-state index in [0.717, 1.165) is 11.3 Å². The van der Waals surface area contributed by atoms with Gasteiger partial charge in [-0.3, -0.25) is 0 Å². The Hall–Kier alpha value is -0.780. The Morgan fingerprint density at radius 3 is 2.25 bits per heavy atom. The van der Waals surface area contributed by atoms with E-state index in [9.17, 15) is 13.2 Å². The second kappa shape index (κ2) is 2.93. The van der Waals surface area contributed by atoms with E-state index in [4.69, 9.17) is 0 Å². The molecule has 1 heterocycles. The second-order valence-electron chi connectivity index (χ2n) is 2.09. The van der Waals surface area contributed by atoms with Crippen molar-refractivity contribution in [2.24, 2.45) is 0 Å². The summed E-state index contributed by atoms with van der Waals surface area (Å²) in [5.74, 6) is 0. The maximum absolute atomic E-state index is 12.1. The number of halogens is 3. The first kappa shape index (κ1) is 9.31. The maximum Gasteiger partial charge on any atom is 0.434 e. The molecule has 0 amide bonds. The molecule has 0 unspecified atom stereocenters. The fourth-order valence-electron chi connectivity index (χ4n) is 0.722. The quantitative estimate of drug-likeness (QED) is 0.690. The topological polar surface area (TPSA) is 22.1 Å². The average Bonchev–Trinajstić information content (AvgIpc) is 2.29. The third-order valence-corrected chi connectivity index (χ3v) is 2.15. The highest BCUT2D eigenvalue weighted by Gasteiger charge is 2.36. The van der Waals surface area contributed by atoms with Crippen LogP contribution in [0, 0.1) is 6.92 Å². The third kappa shape index (κ3) is 1.69. The summed E-state index contributed by atoms with van der Waals surface area (Å²) in [4.78, 5) is 3.40. The Balaban J connectivity index is 3.08. The lowest BCUT2D eigenvalue weighted by Gasteiger charge is -2.01. The summed E-state index contributed by atoms with van der Waals surface area (Å²) in [6, 6.07) is 0. The summed E-state index contributed by atoms with van der Waals surface area (Å²) in [6.45, 7) is 1.36. The Morgan fingerprint density at radius 2 is 2.00 bits per heavy atom. The average molecular weight is 197 g/mol. The van der Waals surface area contributed by atoms with Gasteiger partial charge in [-0.05, 0) is 6.92 Å². The van der Waals surface area contributed by atoms with Gasteiger partial charge in [-0.25, -0.2) is 0 Å². The molecule has 0 aliphatic rings. The molecule has 0 saturated heterocycles. The van der Waals surface area contributed by atoms with Crippen molar-refractivity contribution in [2.45, 2.75) is 13.1 Å².